The Hall–Kier alpha value is -2.50. The maximum Gasteiger partial charge on any atom is 0.414 e. The van der Waals surface area contributed by atoms with Gasteiger partial charge in [0.1, 0.15) is 5.75 Å². The van der Waals surface area contributed by atoms with Crippen molar-refractivity contribution in [2.75, 3.05) is 14.1 Å². The molecule has 0 aliphatic carbocycles. The Balaban J connectivity index is 2.42. The van der Waals surface area contributed by atoms with Crippen molar-refractivity contribution in [3.8, 4) is 5.75 Å². The molecule has 0 aliphatic heterocycles. The number of fused-ring (bicyclic) bond motifs is 1. The van der Waals surface area contributed by atoms with Gasteiger partial charge in [0, 0.05) is 30.7 Å². The van der Waals surface area contributed by atoms with Gasteiger partial charge in [-0.25, -0.2) is 9.59 Å². The molecule has 22 heavy (non-hydrogen) atoms. The molecule has 1 aromatic heterocycles. The standard InChI is InChI=1S/C16H20N2O4/c1-9(2)21-15(19)14-10(3)17-13-7-6-11(8-12(13)14)22-16(20)18(4)5/h6-9,17H,1-5H3. The van der Waals surface area contributed by atoms with E-state index in [0.717, 1.165) is 11.2 Å². The third kappa shape index (κ3) is 3.21. The Kier molecular flexibility index (Phi) is 4.40. The van der Waals surface area contributed by atoms with E-state index in [-0.39, 0.29) is 6.10 Å². The van der Waals surface area contributed by atoms with Crippen molar-refractivity contribution in [3.63, 3.8) is 0 Å². The molecule has 1 N–H and O–H groups in total. The van der Waals surface area contributed by atoms with Crippen LogP contribution in [0.1, 0.15) is 29.9 Å². The van der Waals surface area contributed by atoms with Gasteiger partial charge in [0.15, 0.2) is 0 Å². The molecule has 1 heterocycles. The van der Waals surface area contributed by atoms with E-state index in [2.05, 4.69) is 4.98 Å². The number of carbonyl (C=O) groups is 2. The van der Waals surface area contributed by atoms with Crippen molar-refractivity contribution in [1.29, 1.82) is 0 Å². The van der Waals surface area contributed by atoms with Crippen LogP contribution in [0, 0.1) is 6.92 Å². The maximum absolute atomic E-state index is 12.2. The summed E-state index contributed by atoms with van der Waals surface area (Å²) in [7, 11) is 3.21. The number of benzene rings is 1. The number of hydrogen-bond donors (Lipinski definition) is 1. The average Bonchev–Trinajstić information content (AvgIpc) is 2.73. The molecule has 1 amide bonds. The Morgan fingerprint density at radius 3 is 2.50 bits per heavy atom. The summed E-state index contributed by atoms with van der Waals surface area (Å²) >= 11 is 0. The Bertz CT molecular complexity index is 716. The smallest absolute Gasteiger partial charge is 0.414 e. The molecule has 0 unspecified atom stereocenters. The number of rotatable bonds is 3. The first-order valence-corrected chi connectivity index (χ1v) is 7.02. The molecule has 0 fully saturated rings. The zero-order valence-corrected chi connectivity index (χ0v) is 13.4. The van der Waals surface area contributed by atoms with Gasteiger partial charge in [0.25, 0.3) is 0 Å². The summed E-state index contributed by atoms with van der Waals surface area (Å²) in [4.78, 5) is 28.3. The fourth-order valence-electron chi connectivity index (χ4n) is 2.10. The maximum atomic E-state index is 12.2. The number of carbonyl (C=O) groups excluding carboxylic acids is 2. The number of nitrogens with one attached hydrogen (secondary N) is 1. The lowest BCUT2D eigenvalue weighted by Crippen LogP contribution is -2.25. The summed E-state index contributed by atoms with van der Waals surface area (Å²) in [5.74, 6) is -0.0152. The van der Waals surface area contributed by atoms with Gasteiger partial charge in [-0.3, -0.25) is 0 Å². The minimum Gasteiger partial charge on any atom is -0.459 e. The number of amides is 1. The number of H-pyrrole nitrogens is 1. The molecule has 2 aromatic rings. The van der Waals surface area contributed by atoms with E-state index in [1.807, 2.05) is 6.92 Å². The number of nitrogens with zero attached hydrogens (tertiary/aromatic N) is 1. The minimum atomic E-state index is -0.474. The highest BCUT2D eigenvalue weighted by atomic mass is 16.6. The topological polar surface area (TPSA) is 71.6 Å². The highest BCUT2D eigenvalue weighted by Gasteiger charge is 2.19. The second kappa shape index (κ2) is 6.09. The van der Waals surface area contributed by atoms with Gasteiger partial charge in [-0.05, 0) is 39.0 Å². The van der Waals surface area contributed by atoms with Gasteiger partial charge < -0.3 is 19.4 Å². The van der Waals surface area contributed by atoms with E-state index in [9.17, 15) is 9.59 Å². The fraction of sp³-hybridized carbons (Fsp3) is 0.375. The predicted molar refractivity (Wildman–Crippen MR) is 83.3 cm³/mol. The Labute approximate surface area is 129 Å². The summed E-state index contributed by atoms with van der Waals surface area (Å²) in [6.07, 6.45) is -0.676. The first kappa shape index (κ1) is 15.9. The number of ether oxygens (including phenoxy) is 2. The third-order valence-electron chi connectivity index (χ3n) is 3.07. The van der Waals surface area contributed by atoms with Crippen LogP contribution in [0.5, 0.6) is 5.75 Å². The van der Waals surface area contributed by atoms with Crippen molar-refractivity contribution in [3.05, 3.63) is 29.5 Å². The zero-order valence-electron chi connectivity index (χ0n) is 13.4. The van der Waals surface area contributed by atoms with Crippen LogP contribution in [0.15, 0.2) is 18.2 Å². The van der Waals surface area contributed by atoms with Crippen molar-refractivity contribution in [2.45, 2.75) is 26.9 Å². The summed E-state index contributed by atoms with van der Waals surface area (Å²) in [5.41, 5.74) is 1.97. The van der Waals surface area contributed by atoms with Gasteiger partial charge in [-0.2, -0.15) is 0 Å². The van der Waals surface area contributed by atoms with Gasteiger partial charge in [0.2, 0.25) is 0 Å². The number of aromatic nitrogens is 1. The van der Waals surface area contributed by atoms with Crippen LogP contribution in [-0.4, -0.2) is 42.1 Å². The lowest BCUT2D eigenvalue weighted by molar-refractivity contribution is 0.0379. The van der Waals surface area contributed by atoms with E-state index < -0.39 is 12.1 Å². The monoisotopic (exact) mass is 304 g/mol. The molecule has 1 aromatic carbocycles. The Morgan fingerprint density at radius 2 is 1.91 bits per heavy atom. The molecule has 0 saturated carbocycles. The molecule has 0 bridgehead atoms. The van der Waals surface area contributed by atoms with Crippen molar-refractivity contribution >= 4 is 23.0 Å². The largest absolute Gasteiger partial charge is 0.459 e. The van der Waals surface area contributed by atoms with Crippen LogP contribution < -0.4 is 4.74 Å². The SMILES string of the molecule is Cc1[nH]c2ccc(OC(=O)N(C)C)cc2c1C(=O)OC(C)C. The van der Waals surface area contributed by atoms with Crippen LogP contribution >= 0.6 is 0 Å². The second-order valence-electron chi connectivity index (χ2n) is 5.55. The molecule has 0 atom stereocenters. The van der Waals surface area contributed by atoms with Gasteiger partial charge in [0.05, 0.1) is 11.7 Å². The first-order chi connectivity index (χ1) is 10.3. The summed E-state index contributed by atoms with van der Waals surface area (Å²) in [6.45, 7) is 5.40. The van der Waals surface area contributed by atoms with Crippen LogP contribution in [0.4, 0.5) is 4.79 Å². The number of aryl methyl sites for hydroxylation is 1. The number of esters is 1. The molecular weight excluding hydrogens is 284 g/mol. The minimum absolute atomic E-state index is 0.202. The lowest BCUT2D eigenvalue weighted by Gasteiger charge is -2.11. The summed E-state index contributed by atoms with van der Waals surface area (Å²) in [6, 6.07) is 5.11. The predicted octanol–water partition coefficient (Wildman–Crippen LogP) is 3.10. The molecule has 0 radical (unpaired) electrons. The van der Waals surface area contributed by atoms with E-state index in [4.69, 9.17) is 9.47 Å². The highest BCUT2D eigenvalue weighted by Crippen LogP contribution is 2.27. The van der Waals surface area contributed by atoms with Gasteiger partial charge in [-0.15, -0.1) is 0 Å². The van der Waals surface area contributed by atoms with Crippen LogP contribution in [0.25, 0.3) is 10.9 Å². The first-order valence-electron chi connectivity index (χ1n) is 7.02. The van der Waals surface area contributed by atoms with Crippen molar-refractivity contribution in [1.82, 2.24) is 9.88 Å². The molecule has 6 nitrogen and oxygen atoms in total. The lowest BCUT2D eigenvalue weighted by atomic mass is 10.1. The van der Waals surface area contributed by atoms with Crippen molar-refractivity contribution < 1.29 is 19.1 Å². The number of aromatic amines is 1. The van der Waals surface area contributed by atoms with Crippen LogP contribution in [0.3, 0.4) is 0 Å². The Morgan fingerprint density at radius 1 is 1.23 bits per heavy atom. The van der Waals surface area contributed by atoms with E-state index >= 15 is 0 Å². The second-order valence-corrected chi connectivity index (χ2v) is 5.55. The molecular formula is C16H20N2O4. The molecule has 118 valence electrons. The van der Waals surface area contributed by atoms with Gasteiger partial charge >= 0.3 is 12.1 Å². The highest BCUT2D eigenvalue weighted by molar-refractivity contribution is 6.06. The zero-order chi connectivity index (χ0) is 16.4. The molecule has 0 saturated heterocycles. The van der Waals surface area contributed by atoms with E-state index in [1.54, 1.807) is 46.1 Å². The third-order valence-corrected chi connectivity index (χ3v) is 3.07. The molecule has 6 heteroatoms. The summed E-state index contributed by atoms with van der Waals surface area (Å²) < 4.78 is 10.5. The molecule has 2 rings (SSSR count). The van der Waals surface area contributed by atoms with Crippen LogP contribution in [-0.2, 0) is 4.74 Å². The fourth-order valence-corrected chi connectivity index (χ4v) is 2.10. The van der Waals surface area contributed by atoms with E-state index in [1.165, 1.54) is 4.90 Å². The van der Waals surface area contributed by atoms with E-state index in [0.29, 0.717) is 16.7 Å². The van der Waals surface area contributed by atoms with Crippen molar-refractivity contribution in [2.24, 2.45) is 0 Å². The van der Waals surface area contributed by atoms with Crippen LogP contribution in [0.2, 0.25) is 0 Å². The summed E-state index contributed by atoms with van der Waals surface area (Å²) in [5, 5.41) is 0.673. The molecule has 0 aliphatic rings. The van der Waals surface area contributed by atoms with Gasteiger partial charge in [-0.1, -0.05) is 0 Å². The average molecular weight is 304 g/mol. The normalized spacial score (nSPS) is 10.8. The number of hydrogen-bond acceptors (Lipinski definition) is 4. The molecule has 0 spiro atoms. The quantitative estimate of drug-likeness (QED) is 0.884.